The molecule has 0 aliphatic rings. The van der Waals surface area contributed by atoms with Crippen molar-refractivity contribution in [1.29, 1.82) is 0 Å². The van der Waals surface area contributed by atoms with E-state index in [1.165, 1.54) is 50.5 Å². The van der Waals surface area contributed by atoms with E-state index in [0.29, 0.717) is 5.57 Å². The molecule has 1 nitrogen and oxygen atoms in total. The lowest BCUT2D eigenvalue weighted by Gasteiger charge is -2.11. The summed E-state index contributed by atoms with van der Waals surface area (Å²) < 4.78 is 0. The van der Waals surface area contributed by atoms with Gasteiger partial charge in [0.25, 0.3) is 0 Å². The highest BCUT2D eigenvalue weighted by molar-refractivity contribution is 5.53. The van der Waals surface area contributed by atoms with Crippen molar-refractivity contribution < 1.29 is 4.79 Å². The van der Waals surface area contributed by atoms with Crippen LogP contribution in [0.4, 0.5) is 0 Å². The Bertz CT molecular complexity index is 295. The second-order valence-electron chi connectivity index (χ2n) is 5.79. The molecule has 0 amide bonds. The molecule has 0 heterocycles. The third-order valence-electron chi connectivity index (χ3n) is 3.65. The molecule has 0 aromatic heterocycles. The quantitative estimate of drug-likeness (QED) is 0.202. The molecule has 0 rings (SSSR count). The van der Waals surface area contributed by atoms with Crippen LogP contribution in [-0.4, -0.2) is 5.94 Å². The zero-order valence-corrected chi connectivity index (χ0v) is 13.1. The number of rotatable bonds is 11. The van der Waals surface area contributed by atoms with Gasteiger partial charge in [0.1, 0.15) is 0 Å². The molecule has 110 valence electrons. The van der Waals surface area contributed by atoms with Crippen LogP contribution < -0.4 is 0 Å². The van der Waals surface area contributed by atoms with Crippen molar-refractivity contribution in [1.82, 2.24) is 0 Å². The fourth-order valence-corrected chi connectivity index (χ4v) is 2.26. The molecule has 0 radical (unpaired) electrons. The topological polar surface area (TPSA) is 17.1 Å². The van der Waals surface area contributed by atoms with Crippen molar-refractivity contribution in [2.24, 2.45) is 5.92 Å². The van der Waals surface area contributed by atoms with Crippen molar-refractivity contribution in [3.8, 4) is 0 Å². The number of hydrogen-bond donors (Lipinski definition) is 0. The van der Waals surface area contributed by atoms with Crippen molar-refractivity contribution in [3.05, 3.63) is 24.1 Å². The molecule has 0 saturated heterocycles. The van der Waals surface area contributed by atoms with Crippen LogP contribution in [0.2, 0.25) is 0 Å². The Morgan fingerprint density at radius 1 is 1.21 bits per heavy atom. The maximum absolute atomic E-state index is 10.3. The number of carbonyl (C=O) groups excluding carboxylic acids is 1. The van der Waals surface area contributed by atoms with E-state index >= 15 is 0 Å². The first kappa shape index (κ1) is 18.1. The van der Waals surface area contributed by atoms with Crippen LogP contribution in [0.25, 0.3) is 0 Å². The van der Waals surface area contributed by atoms with Crippen molar-refractivity contribution in [2.75, 3.05) is 0 Å². The Morgan fingerprint density at radius 2 is 1.89 bits per heavy atom. The van der Waals surface area contributed by atoms with E-state index in [2.05, 4.69) is 33.8 Å². The average Bonchev–Trinajstić information content (AvgIpc) is 2.38. The van der Waals surface area contributed by atoms with E-state index in [1.807, 2.05) is 5.94 Å². The fourth-order valence-electron chi connectivity index (χ4n) is 2.26. The highest BCUT2D eigenvalue weighted by Crippen LogP contribution is 2.18. The minimum absolute atomic E-state index is 0.577. The van der Waals surface area contributed by atoms with Gasteiger partial charge in [0.05, 0.1) is 0 Å². The number of unbranched alkanes of at least 4 members (excludes halogenated alkanes) is 2. The Morgan fingerprint density at radius 3 is 2.53 bits per heavy atom. The van der Waals surface area contributed by atoms with Crippen molar-refractivity contribution >= 4 is 5.94 Å². The molecule has 0 aliphatic carbocycles. The molecule has 1 heteroatoms. The zero-order valence-electron chi connectivity index (χ0n) is 13.1. The lowest BCUT2D eigenvalue weighted by Crippen LogP contribution is -1.95. The van der Waals surface area contributed by atoms with Gasteiger partial charge in [-0.3, -0.25) is 0 Å². The van der Waals surface area contributed by atoms with Crippen LogP contribution in [0.1, 0.15) is 78.6 Å². The van der Waals surface area contributed by atoms with Crippen molar-refractivity contribution in [3.63, 3.8) is 0 Å². The van der Waals surface area contributed by atoms with Crippen LogP contribution in [0.5, 0.6) is 0 Å². The van der Waals surface area contributed by atoms with E-state index < -0.39 is 0 Å². The van der Waals surface area contributed by atoms with E-state index in [1.54, 1.807) is 0 Å². The maximum Gasteiger partial charge on any atom is -0.0323 e. The molecule has 0 aliphatic heterocycles. The minimum atomic E-state index is 0.577. The standard InChI is InChI=1S/C18H31O/c1-5-6-7-10-16(2)11-8-12-17(3)13-9-14-18(4)15-19/h13,16H,4-12,14H2,1-3H3/q-1/b17-13+. The van der Waals surface area contributed by atoms with E-state index in [9.17, 15) is 4.79 Å². The summed E-state index contributed by atoms with van der Waals surface area (Å²) in [5, 5.41) is 0. The first-order valence-corrected chi connectivity index (χ1v) is 7.81. The van der Waals surface area contributed by atoms with E-state index in [4.69, 9.17) is 0 Å². The summed E-state index contributed by atoms with van der Waals surface area (Å²) in [6, 6.07) is 0. The molecule has 1 atom stereocenters. The number of allylic oxidation sites excluding steroid dienone is 3. The summed E-state index contributed by atoms with van der Waals surface area (Å²) in [6.45, 7) is 10.5. The highest BCUT2D eigenvalue weighted by atomic mass is 16.1. The Hall–Kier alpha value is -0.940. The third-order valence-corrected chi connectivity index (χ3v) is 3.65. The predicted octanol–water partition coefficient (Wildman–Crippen LogP) is 5.69. The zero-order chi connectivity index (χ0) is 14.5. The molecule has 0 saturated carbocycles. The van der Waals surface area contributed by atoms with Gasteiger partial charge < -0.3 is 4.79 Å². The third kappa shape index (κ3) is 11.9. The summed E-state index contributed by atoms with van der Waals surface area (Å²) in [4.78, 5) is 10.3. The van der Waals surface area contributed by atoms with Crippen LogP contribution in [0, 0.1) is 12.8 Å². The molecular weight excluding hydrogens is 232 g/mol. The Labute approximate surface area is 120 Å². The van der Waals surface area contributed by atoms with Gasteiger partial charge >= 0.3 is 0 Å². The molecule has 0 bridgehead atoms. The normalized spacial score (nSPS) is 13.1. The van der Waals surface area contributed by atoms with E-state index in [-0.39, 0.29) is 0 Å². The van der Waals surface area contributed by atoms with Crippen molar-refractivity contribution in [2.45, 2.75) is 78.6 Å². The first-order valence-electron chi connectivity index (χ1n) is 7.81. The molecule has 0 spiro atoms. The SMILES string of the molecule is [CH2-]C(=C=O)CC/C=C(\C)CCCC(C)CCCCC. The first-order chi connectivity index (χ1) is 9.10. The summed E-state index contributed by atoms with van der Waals surface area (Å²) in [5.41, 5.74) is 2.02. The fraction of sp³-hybridized carbons (Fsp3) is 0.722. The minimum Gasteiger partial charge on any atom is -0.365 e. The molecule has 0 fully saturated rings. The van der Waals surface area contributed by atoms with Crippen LogP contribution >= 0.6 is 0 Å². The molecule has 0 N–H and O–H groups in total. The highest BCUT2D eigenvalue weighted by Gasteiger charge is 2.01. The summed E-state index contributed by atoms with van der Waals surface area (Å²) in [6.07, 6.45) is 13.2. The second-order valence-corrected chi connectivity index (χ2v) is 5.79. The molecular formula is C18H31O-. The lowest BCUT2D eigenvalue weighted by molar-refractivity contribution is 0.450. The monoisotopic (exact) mass is 263 g/mol. The van der Waals surface area contributed by atoms with Gasteiger partial charge in [-0.25, -0.2) is 6.92 Å². The van der Waals surface area contributed by atoms with Gasteiger partial charge in [-0.05, 0) is 38.5 Å². The Kier molecular flexibility index (Phi) is 11.5. The number of hydrogen-bond acceptors (Lipinski definition) is 1. The summed E-state index contributed by atoms with van der Waals surface area (Å²) >= 11 is 0. The largest absolute Gasteiger partial charge is 0.365 e. The van der Waals surface area contributed by atoms with Gasteiger partial charge in [0.15, 0.2) is 0 Å². The Balaban J connectivity index is 3.63. The lowest BCUT2D eigenvalue weighted by atomic mass is 9.96. The maximum atomic E-state index is 10.3. The van der Waals surface area contributed by atoms with Gasteiger partial charge in [0.2, 0.25) is 0 Å². The van der Waals surface area contributed by atoms with Gasteiger partial charge in [-0.1, -0.05) is 57.6 Å². The second kappa shape index (κ2) is 12.1. The van der Waals surface area contributed by atoms with Crippen LogP contribution in [-0.2, 0) is 4.79 Å². The van der Waals surface area contributed by atoms with Crippen LogP contribution in [0.3, 0.4) is 0 Å². The molecule has 1 unspecified atom stereocenters. The van der Waals surface area contributed by atoms with E-state index in [0.717, 1.165) is 18.8 Å². The average molecular weight is 263 g/mol. The predicted molar refractivity (Wildman–Crippen MR) is 84.7 cm³/mol. The molecule has 0 aromatic carbocycles. The molecule has 19 heavy (non-hydrogen) atoms. The van der Waals surface area contributed by atoms with Crippen LogP contribution in [0.15, 0.2) is 17.2 Å². The molecule has 0 aromatic rings. The van der Waals surface area contributed by atoms with Gasteiger partial charge in [-0.2, -0.15) is 5.57 Å². The summed E-state index contributed by atoms with van der Waals surface area (Å²) in [7, 11) is 0. The summed E-state index contributed by atoms with van der Waals surface area (Å²) in [5.74, 6) is 2.71. The van der Waals surface area contributed by atoms with Gasteiger partial charge in [-0.15, -0.1) is 5.94 Å². The van der Waals surface area contributed by atoms with Gasteiger partial charge in [0, 0.05) is 0 Å². The smallest absolute Gasteiger partial charge is 0.0323 e.